The van der Waals surface area contributed by atoms with E-state index in [1.165, 1.54) is 23.3 Å². The standard InChI is InChI=1S/C22H22N2O2S/c25-21(24-22-23-18-11-5-7-13-20(18)27-22)15-26-19-12-6-4-10-17(19)14-16-8-2-1-3-9-16/h1-4,6,8-10,12H,5,7,11,13-15H2,(H,23,24,25). The van der Waals surface area contributed by atoms with Gasteiger partial charge in [0.15, 0.2) is 11.7 Å². The van der Waals surface area contributed by atoms with Crippen molar-refractivity contribution in [3.63, 3.8) is 0 Å². The molecule has 1 N–H and O–H groups in total. The highest BCUT2D eigenvalue weighted by Gasteiger charge is 2.16. The summed E-state index contributed by atoms with van der Waals surface area (Å²) in [5, 5.41) is 3.57. The van der Waals surface area contributed by atoms with E-state index in [2.05, 4.69) is 22.4 Å². The van der Waals surface area contributed by atoms with E-state index in [0.29, 0.717) is 5.13 Å². The number of rotatable bonds is 6. The van der Waals surface area contributed by atoms with Crippen molar-refractivity contribution in [3.05, 3.63) is 76.3 Å². The zero-order valence-corrected chi connectivity index (χ0v) is 15.9. The van der Waals surface area contributed by atoms with E-state index in [0.717, 1.165) is 36.3 Å². The van der Waals surface area contributed by atoms with Crippen LogP contribution in [0.3, 0.4) is 0 Å². The van der Waals surface area contributed by atoms with Crippen LogP contribution in [-0.2, 0) is 24.1 Å². The number of benzene rings is 2. The van der Waals surface area contributed by atoms with Gasteiger partial charge in [0.25, 0.3) is 5.91 Å². The summed E-state index contributed by atoms with van der Waals surface area (Å²) in [6, 6.07) is 18.1. The molecule has 1 aliphatic rings. The number of aryl methyl sites for hydroxylation is 2. The summed E-state index contributed by atoms with van der Waals surface area (Å²) in [6.07, 6.45) is 5.27. The van der Waals surface area contributed by atoms with E-state index in [1.54, 1.807) is 11.3 Å². The minimum atomic E-state index is -0.171. The quantitative estimate of drug-likeness (QED) is 0.680. The Morgan fingerprint density at radius 1 is 1.04 bits per heavy atom. The van der Waals surface area contributed by atoms with Crippen LogP contribution in [0.4, 0.5) is 5.13 Å². The Balaban J connectivity index is 1.37. The van der Waals surface area contributed by atoms with Gasteiger partial charge in [-0.2, -0.15) is 0 Å². The van der Waals surface area contributed by atoms with Crippen molar-refractivity contribution in [2.75, 3.05) is 11.9 Å². The normalized spacial score (nSPS) is 13.0. The van der Waals surface area contributed by atoms with Crippen LogP contribution in [0.25, 0.3) is 0 Å². The number of ether oxygens (including phenoxy) is 1. The number of aromatic nitrogens is 1. The van der Waals surface area contributed by atoms with Gasteiger partial charge in [-0.05, 0) is 42.9 Å². The summed E-state index contributed by atoms with van der Waals surface area (Å²) in [4.78, 5) is 18.2. The van der Waals surface area contributed by atoms with Crippen LogP contribution in [0, 0.1) is 0 Å². The van der Waals surface area contributed by atoms with Crippen molar-refractivity contribution in [1.29, 1.82) is 0 Å². The van der Waals surface area contributed by atoms with Crippen molar-refractivity contribution in [2.45, 2.75) is 32.1 Å². The number of carbonyl (C=O) groups excluding carboxylic acids is 1. The lowest BCUT2D eigenvalue weighted by molar-refractivity contribution is -0.118. The van der Waals surface area contributed by atoms with Gasteiger partial charge in [0, 0.05) is 11.3 Å². The maximum Gasteiger partial charge on any atom is 0.264 e. The van der Waals surface area contributed by atoms with E-state index in [-0.39, 0.29) is 12.5 Å². The van der Waals surface area contributed by atoms with Crippen LogP contribution >= 0.6 is 11.3 Å². The molecule has 0 atom stereocenters. The van der Waals surface area contributed by atoms with Crippen LogP contribution in [0.15, 0.2) is 54.6 Å². The fourth-order valence-corrected chi connectivity index (χ4v) is 4.38. The molecule has 0 unspecified atom stereocenters. The molecule has 0 spiro atoms. The van der Waals surface area contributed by atoms with Gasteiger partial charge >= 0.3 is 0 Å². The molecule has 1 aromatic heterocycles. The molecule has 1 aliphatic carbocycles. The number of amides is 1. The molecule has 0 saturated heterocycles. The molecule has 3 aromatic rings. The summed E-state index contributed by atoms with van der Waals surface area (Å²) in [7, 11) is 0. The Labute approximate surface area is 163 Å². The van der Waals surface area contributed by atoms with Gasteiger partial charge in [0.2, 0.25) is 0 Å². The van der Waals surface area contributed by atoms with Gasteiger partial charge in [-0.3, -0.25) is 10.1 Å². The summed E-state index contributed by atoms with van der Waals surface area (Å²) >= 11 is 1.59. The third-order valence-corrected chi connectivity index (χ3v) is 5.73. The fourth-order valence-electron chi connectivity index (χ4n) is 3.31. The average Bonchev–Trinajstić information content (AvgIpc) is 3.10. The first-order valence-corrected chi connectivity index (χ1v) is 10.1. The molecule has 0 saturated carbocycles. The molecule has 0 aliphatic heterocycles. The van der Waals surface area contributed by atoms with Crippen LogP contribution in [0.5, 0.6) is 5.75 Å². The van der Waals surface area contributed by atoms with Crippen LogP contribution in [-0.4, -0.2) is 17.5 Å². The van der Waals surface area contributed by atoms with Crippen LogP contribution < -0.4 is 10.1 Å². The number of thiazole rings is 1. The number of carbonyl (C=O) groups is 1. The number of anilines is 1. The molecular weight excluding hydrogens is 356 g/mol. The van der Waals surface area contributed by atoms with E-state index < -0.39 is 0 Å². The summed E-state index contributed by atoms with van der Waals surface area (Å²) in [5.41, 5.74) is 3.43. The van der Waals surface area contributed by atoms with Crippen molar-refractivity contribution in [3.8, 4) is 5.75 Å². The predicted octanol–water partition coefficient (Wildman–Crippen LogP) is 4.63. The van der Waals surface area contributed by atoms with Crippen LogP contribution in [0.1, 0.15) is 34.5 Å². The molecule has 2 aromatic carbocycles. The number of hydrogen-bond acceptors (Lipinski definition) is 4. The SMILES string of the molecule is O=C(COc1ccccc1Cc1ccccc1)Nc1nc2c(s1)CCCC2. The fraction of sp³-hybridized carbons (Fsp3) is 0.273. The van der Waals surface area contributed by atoms with E-state index in [4.69, 9.17) is 4.74 Å². The van der Waals surface area contributed by atoms with Crippen LogP contribution in [0.2, 0.25) is 0 Å². The van der Waals surface area contributed by atoms with Gasteiger partial charge in [0.1, 0.15) is 5.75 Å². The maximum atomic E-state index is 12.3. The highest BCUT2D eigenvalue weighted by Crippen LogP contribution is 2.29. The van der Waals surface area contributed by atoms with E-state index >= 15 is 0 Å². The van der Waals surface area contributed by atoms with Crippen molar-refractivity contribution < 1.29 is 9.53 Å². The zero-order chi connectivity index (χ0) is 18.5. The zero-order valence-electron chi connectivity index (χ0n) is 15.1. The molecule has 0 bridgehead atoms. The molecular formula is C22H22N2O2S. The minimum absolute atomic E-state index is 0.0178. The number of nitrogens with one attached hydrogen (secondary N) is 1. The Kier molecular flexibility index (Phi) is 5.49. The second-order valence-corrected chi connectivity index (χ2v) is 7.79. The number of hydrogen-bond donors (Lipinski definition) is 1. The number of nitrogens with zero attached hydrogens (tertiary/aromatic N) is 1. The number of fused-ring (bicyclic) bond motifs is 1. The highest BCUT2D eigenvalue weighted by molar-refractivity contribution is 7.15. The van der Waals surface area contributed by atoms with Gasteiger partial charge in [-0.25, -0.2) is 4.98 Å². The molecule has 5 heteroatoms. The average molecular weight is 378 g/mol. The molecule has 4 rings (SSSR count). The lowest BCUT2D eigenvalue weighted by Gasteiger charge is -2.11. The first-order chi connectivity index (χ1) is 13.3. The van der Waals surface area contributed by atoms with E-state index in [9.17, 15) is 4.79 Å². The predicted molar refractivity (Wildman–Crippen MR) is 109 cm³/mol. The summed E-state index contributed by atoms with van der Waals surface area (Å²) in [6.45, 7) is -0.0178. The Bertz CT molecular complexity index is 898. The third-order valence-electron chi connectivity index (χ3n) is 4.66. The lowest BCUT2D eigenvalue weighted by Crippen LogP contribution is -2.20. The summed E-state index contributed by atoms with van der Waals surface area (Å²) in [5.74, 6) is 0.575. The summed E-state index contributed by atoms with van der Waals surface area (Å²) < 4.78 is 5.81. The molecule has 27 heavy (non-hydrogen) atoms. The van der Waals surface area contributed by atoms with Crippen molar-refractivity contribution in [1.82, 2.24) is 4.98 Å². The monoisotopic (exact) mass is 378 g/mol. The molecule has 0 radical (unpaired) electrons. The highest BCUT2D eigenvalue weighted by atomic mass is 32.1. The van der Waals surface area contributed by atoms with Gasteiger partial charge in [0.05, 0.1) is 5.69 Å². The topological polar surface area (TPSA) is 51.2 Å². The molecule has 4 nitrogen and oxygen atoms in total. The Morgan fingerprint density at radius 3 is 2.67 bits per heavy atom. The lowest BCUT2D eigenvalue weighted by atomic mass is 10.0. The van der Waals surface area contributed by atoms with E-state index in [1.807, 2.05) is 42.5 Å². The largest absolute Gasteiger partial charge is 0.483 e. The molecule has 0 fully saturated rings. The first-order valence-electron chi connectivity index (χ1n) is 9.31. The second kappa shape index (κ2) is 8.35. The number of para-hydroxylation sites is 1. The smallest absolute Gasteiger partial charge is 0.264 e. The first kappa shape index (κ1) is 17.7. The third kappa shape index (κ3) is 4.55. The molecule has 1 heterocycles. The second-order valence-electron chi connectivity index (χ2n) is 6.70. The van der Waals surface area contributed by atoms with Gasteiger partial charge in [-0.1, -0.05) is 48.5 Å². The Hall–Kier alpha value is -2.66. The van der Waals surface area contributed by atoms with Gasteiger partial charge in [-0.15, -0.1) is 11.3 Å². The minimum Gasteiger partial charge on any atom is -0.483 e. The van der Waals surface area contributed by atoms with Crippen molar-refractivity contribution in [2.24, 2.45) is 0 Å². The molecule has 1 amide bonds. The van der Waals surface area contributed by atoms with Gasteiger partial charge < -0.3 is 4.74 Å². The molecule has 138 valence electrons. The maximum absolute atomic E-state index is 12.3. The Morgan fingerprint density at radius 2 is 1.81 bits per heavy atom. The van der Waals surface area contributed by atoms with Crippen molar-refractivity contribution >= 4 is 22.4 Å².